The van der Waals surface area contributed by atoms with Crippen molar-refractivity contribution in [2.75, 3.05) is 26.2 Å². The molecule has 2 heterocycles. The molecular formula is C22H32N4OS. The molecule has 0 saturated heterocycles. The zero-order valence-electron chi connectivity index (χ0n) is 17.1. The molecular weight excluding hydrogens is 368 g/mol. The van der Waals surface area contributed by atoms with Gasteiger partial charge in [-0.3, -0.25) is 4.90 Å². The highest BCUT2D eigenvalue weighted by Gasteiger charge is 2.23. The second kappa shape index (κ2) is 9.54. The number of nitrogens with zero attached hydrogens (tertiary/aromatic N) is 2. The number of hydrogen-bond acceptors (Lipinski definition) is 4. The van der Waals surface area contributed by atoms with Gasteiger partial charge in [0, 0.05) is 37.1 Å². The fraction of sp³-hybridized carbons (Fsp3) is 0.500. The van der Waals surface area contributed by atoms with Crippen molar-refractivity contribution in [2.45, 2.75) is 45.4 Å². The van der Waals surface area contributed by atoms with Crippen molar-refractivity contribution in [1.29, 1.82) is 0 Å². The average Bonchev–Trinajstić information content (AvgIpc) is 3.18. The van der Waals surface area contributed by atoms with Crippen molar-refractivity contribution in [3.8, 4) is 0 Å². The molecule has 6 heteroatoms. The molecule has 0 bridgehead atoms. The standard InChI is InChI=1S/C22H32N4OS/c1-4-23-21(25-16-22(3,27)19-8-6-5-7-9-19)24-14-17(2)26-12-10-20-18(15-26)11-13-28-20/h5-9,11,13,17,27H,4,10,12,14-16H2,1-3H3,(H2,23,24,25). The summed E-state index contributed by atoms with van der Waals surface area (Å²) in [5, 5.41) is 19.7. The van der Waals surface area contributed by atoms with Gasteiger partial charge in [0.25, 0.3) is 0 Å². The molecule has 5 nitrogen and oxygen atoms in total. The summed E-state index contributed by atoms with van der Waals surface area (Å²) in [4.78, 5) is 8.69. The first-order chi connectivity index (χ1) is 13.5. The molecule has 3 rings (SSSR count). The van der Waals surface area contributed by atoms with Crippen LogP contribution in [0.25, 0.3) is 0 Å². The molecule has 1 aromatic heterocycles. The van der Waals surface area contributed by atoms with E-state index in [1.54, 1.807) is 0 Å². The molecule has 1 aliphatic rings. The molecule has 0 radical (unpaired) electrons. The summed E-state index contributed by atoms with van der Waals surface area (Å²) >= 11 is 1.88. The Morgan fingerprint density at radius 1 is 1.29 bits per heavy atom. The zero-order valence-corrected chi connectivity index (χ0v) is 17.9. The van der Waals surface area contributed by atoms with E-state index in [0.717, 1.165) is 44.1 Å². The van der Waals surface area contributed by atoms with Crippen molar-refractivity contribution >= 4 is 17.3 Å². The molecule has 0 amide bonds. The Hall–Kier alpha value is -1.89. The van der Waals surface area contributed by atoms with E-state index in [4.69, 9.17) is 0 Å². The first kappa shape index (κ1) is 20.8. The Kier molecular flexibility index (Phi) is 7.10. The normalized spacial score (nSPS) is 18.2. The summed E-state index contributed by atoms with van der Waals surface area (Å²) in [5.41, 5.74) is 1.36. The largest absolute Gasteiger partial charge is 0.384 e. The molecule has 28 heavy (non-hydrogen) atoms. The van der Waals surface area contributed by atoms with Crippen LogP contribution in [0.15, 0.2) is 46.8 Å². The number of guanidine groups is 1. The van der Waals surface area contributed by atoms with Crippen LogP contribution in [0.3, 0.4) is 0 Å². The molecule has 0 spiro atoms. The smallest absolute Gasteiger partial charge is 0.191 e. The molecule has 3 N–H and O–H groups in total. The van der Waals surface area contributed by atoms with Crippen LogP contribution < -0.4 is 10.6 Å². The van der Waals surface area contributed by atoms with Gasteiger partial charge in [-0.2, -0.15) is 0 Å². The van der Waals surface area contributed by atoms with Crippen LogP contribution in [0.2, 0.25) is 0 Å². The first-order valence-electron chi connectivity index (χ1n) is 10.1. The van der Waals surface area contributed by atoms with Gasteiger partial charge in [-0.05, 0) is 49.8 Å². The molecule has 152 valence electrons. The summed E-state index contributed by atoms with van der Waals surface area (Å²) in [7, 11) is 0. The first-order valence-corrected chi connectivity index (χ1v) is 11.0. The SMILES string of the molecule is CCNC(=NCC(C)(O)c1ccccc1)NCC(C)N1CCc2sccc2C1. The van der Waals surface area contributed by atoms with E-state index in [1.807, 2.05) is 48.6 Å². The van der Waals surface area contributed by atoms with E-state index >= 15 is 0 Å². The topological polar surface area (TPSA) is 59.9 Å². The van der Waals surface area contributed by atoms with Crippen molar-refractivity contribution in [2.24, 2.45) is 4.99 Å². The molecule has 2 atom stereocenters. The van der Waals surface area contributed by atoms with E-state index in [0.29, 0.717) is 12.6 Å². The summed E-state index contributed by atoms with van der Waals surface area (Å²) < 4.78 is 0. The zero-order chi connectivity index (χ0) is 20.0. The predicted octanol–water partition coefficient (Wildman–Crippen LogP) is 2.96. The number of thiophene rings is 1. The van der Waals surface area contributed by atoms with Crippen LogP contribution in [0.4, 0.5) is 0 Å². The average molecular weight is 401 g/mol. The highest BCUT2D eigenvalue weighted by Crippen LogP contribution is 2.25. The summed E-state index contributed by atoms with van der Waals surface area (Å²) in [6, 6.07) is 12.4. The third-order valence-corrected chi connectivity index (χ3v) is 6.33. The molecule has 1 aromatic carbocycles. The second-order valence-electron chi connectivity index (χ2n) is 7.65. The predicted molar refractivity (Wildman–Crippen MR) is 118 cm³/mol. The van der Waals surface area contributed by atoms with Gasteiger partial charge < -0.3 is 15.7 Å². The number of hydrogen-bond donors (Lipinski definition) is 3. The van der Waals surface area contributed by atoms with Crippen molar-refractivity contribution in [1.82, 2.24) is 15.5 Å². The highest BCUT2D eigenvalue weighted by molar-refractivity contribution is 7.10. The third kappa shape index (κ3) is 5.34. The molecule has 0 saturated carbocycles. The minimum Gasteiger partial charge on any atom is -0.384 e. The van der Waals surface area contributed by atoms with E-state index < -0.39 is 5.60 Å². The van der Waals surface area contributed by atoms with E-state index in [2.05, 4.69) is 45.8 Å². The number of benzene rings is 1. The monoisotopic (exact) mass is 400 g/mol. The fourth-order valence-corrected chi connectivity index (χ4v) is 4.37. The minimum absolute atomic E-state index is 0.308. The van der Waals surface area contributed by atoms with Gasteiger partial charge >= 0.3 is 0 Å². The number of nitrogens with one attached hydrogen (secondary N) is 2. The Morgan fingerprint density at radius 2 is 2.07 bits per heavy atom. The lowest BCUT2D eigenvalue weighted by Gasteiger charge is -2.33. The molecule has 2 unspecified atom stereocenters. The van der Waals surface area contributed by atoms with Gasteiger partial charge in [0.15, 0.2) is 5.96 Å². The molecule has 0 aliphatic carbocycles. The number of rotatable bonds is 7. The van der Waals surface area contributed by atoms with Gasteiger partial charge in [0.2, 0.25) is 0 Å². The van der Waals surface area contributed by atoms with E-state index in [1.165, 1.54) is 10.4 Å². The van der Waals surface area contributed by atoms with Gasteiger partial charge in [-0.25, -0.2) is 4.99 Å². The molecule has 0 fully saturated rings. The summed E-state index contributed by atoms with van der Waals surface area (Å²) in [6.45, 7) is 10.2. The van der Waals surface area contributed by atoms with Gasteiger partial charge in [0.1, 0.15) is 5.60 Å². The Bertz CT molecular complexity index is 772. The maximum absolute atomic E-state index is 10.8. The van der Waals surface area contributed by atoms with Crippen LogP contribution >= 0.6 is 11.3 Å². The highest BCUT2D eigenvalue weighted by atomic mass is 32.1. The third-order valence-electron chi connectivity index (χ3n) is 5.31. The van der Waals surface area contributed by atoms with Gasteiger partial charge in [-0.15, -0.1) is 11.3 Å². The summed E-state index contributed by atoms with van der Waals surface area (Å²) in [6.07, 6.45) is 1.14. The fourth-order valence-electron chi connectivity index (χ4n) is 3.48. The number of aliphatic imine (C=N–C) groups is 1. The Morgan fingerprint density at radius 3 is 2.82 bits per heavy atom. The summed E-state index contributed by atoms with van der Waals surface area (Å²) in [5.74, 6) is 0.749. The molecule has 1 aliphatic heterocycles. The van der Waals surface area contributed by atoms with Crippen LogP contribution in [0, 0.1) is 0 Å². The van der Waals surface area contributed by atoms with Gasteiger partial charge in [0.05, 0.1) is 6.54 Å². The molecule has 2 aromatic rings. The quantitative estimate of drug-likeness (QED) is 0.494. The Labute approximate surface area is 172 Å². The van der Waals surface area contributed by atoms with Crippen LogP contribution in [0.1, 0.15) is 36.8 Å². The lowest BCUT2D eigenvalue weighted by molar-refractivity contribution is 0.0672. The van der Waals surface area contributed by atoms with Crippen LogP contribution in [-0.4, -0.2) is 48.2 Å². The van der Waals surface area contributed by atoms with Gasteiger partial charge in [-0.1, -0.05) is 30.3 Å². The van der Waals surface area contributed by atoms with Crippen LogP contribution in [-0.2, 0) is 18.6 Å². The number of fused-ring (bicyclic) bond motifs is 1. The number of aliphatic hydroxyl groups is 1. The maximum Gasteiger partial charge on any atom is 0.191 e. The minimum atomic E-state index is -0.989. The lowest BCUT2D eigenvalue weighted by Crippen LogP contribution is -2.47. The Balaban J connectivity index is 1.56. The van der Waals surface area contributed by atoms with E-state index in [9.17, 15) is 5.11 Å². The lowest BCUT2D eigenvalue weighted by atomic mass is 9.96. The van der Waals surface area contributed by atoms with Crippen LogP contribution in [0.5, 0.6) is 0 Å². The van der Waals surface area contributed by atoms with Crippen molar-refractivity contribution in [3.63, 3.8) is 0 Å². The maximum atomic E-state index is 10.8. The van der Waals surface area contributed by atoms with Crippen molar-refractivity contribution in [3.05, 3.63) is 57.8 Å². The van der Waals surface area contributed by atoms with Crippen molar-refractivity contribution < 1.29 is 5.11 Å². The second-order valence-corrected chi connectivity index (χ2v) is 8.66. The van der Waals surface area contributed by atoms with E-state index in [-0.39, 0.29) is 0 Å².